The van der Waals surface area contributed by atoms with Crippen molar-refractivity contribution in [2.45, 2.75) is 6.61 Å². The molecule has 0 radical (unpaired) electrons. The zero-order valence-electron chi connectivity index (χ0n) is 17.4. The highest BCUT2D eigenvalue weighted by Gasteiger charge is 2.16. The number of amides is 1. The van der Waals surface area contributed by atoms with Gasteiger partial charge in [-0.3, -0.25) is 14.9 Å². The van der Waals surface area contributed by atoms with Crippen LogP contribution in [-0.4, -0.2) is 10.8 Å². The van der Waals surface area contributed by atoms with Crippen molar-refractivity contribution in [3.63, 3.8) is 0 Å². The standard InChI is InChI=1S/C24H16Cl2N2O6/c25-15-4-6-19(7-5-15)33-22-12-17(11-18(13-22)28(30)31)27-24(29)23-9-8-21(34-23)14-32-20-3-1-2-16(26)10-20/h1-13H,14H2,(H,27,29). The minimum absolute atomic E-state index is 0.0105. The summed E-state index contributed by atoms with van der Waals surface area (Å²) in [4.78, 5) is 23.4. The van der Waals surface area contributed by atoms with Gasteiger partial charge in [0.05, 0.1) is 16.7 Å². The lowest BCUT2D eigenvalue weighted by Gasteiger charge is -2.09. The molecule has 0 aliphatic carbocycles. The Labute approximate surface area is 203 Å². The van der Waals surface area contributed by atoms with Crippen LogP contribution in [0.1, 0.15) is 16.3 Å². The summed E-state index contributed by atoms with van der Waals surface area (Å²) in [6, 6.07) is 20.4. The number of rotatable bonds is 8. The van der Waals surface area contributed by atoms with E-state index in [0.717, 1.165) is 0 Å². The summed E-state index contributed by atoms with van der Waals surface area (Å²) in [5.74, 6) is 0.985. The Balaban J connectivity index is 1.46. The topological polar surface area (TPSA) is 104 Å². The van der Waals surface area contributed by atoms with Crippen molar-refractivity contribution in [1.29, 1.82) is 0 Å². The second-order valence-electron chi connectivity index (χ2n) is 6.99. The predicted octanol–water partition coefficient (Wildman–Crippen LogP) is 7.12. The van der Waals surface area contributed by atoms with Gasteiger partial charge in [0.25, 0.3) is 11.6 Å². The van der Waals surface area contributed by atoms with E-state index in [1.807, 2.05) is 0 Å². The summed E-state index contributed by atoms with van der Waals surface area (Å²) in [7, 11) is 0. The molecule has 1 amide bonds. The van der Waals surface area contributed by atoms with Gasteiger partial charge in [-0.05, 0) is 54.6 Å². The molecular formula is C24H16Cl2N2O6. The monoisotopic (exact) mass is 498 g/mol. The molecule has 0 fully saturated rings. The number of anilines is 1. The van der Waals surface area contributed by atoms with Crippen LogP contribution in [-0.2, 0) is 6.61 Å². The predicted molar refractivity (Wildman–Crippen MR) is 127 cm³/mol. The molecule has 0 bridgehead atoms. The quantitative estimate of drug-likeness (QED) is 0.205. The van der Waals surface area contributed by atoms with Gasteiger partial charge in [-0.2, -0.15) is 0 Å². The second kappa shape index (κ2) is 10.3. The highest BCUT2D eigenvalue weighted by atomic mass is 35.5. The van der Waals surface area contributed by atoms with Crippen molar-refractivity contribution in [1.82, 2.24) is 0 Å². The van der Waals surface area contributed by atoms with E-state index < -0.39 is 10.8 Å². The molecule has 0 saturated heterocycles. The fourth-order valence-electron chi connectivity index (χ4n) is 2.94. The smallest absolute Gasteiger partial charge is 0.291 e. The average molecular weight is 499 g/mol. The van der Waals surface area contributed by atoms with Crippen LogP contribution in [0.15, 0.2) is 83.3 Å². The van der Waals surface area contributed by atoms with Gasteiger partial charge in [-0.1, -0.05) is 29.3 Å². The molecule has 3 aromatic carbocycles. The Morgan fingerprint density at radius 2 is 1.71 bits per heavy atom. The van der Waals surface area contributed by atoms with Gasteiger partial charge in [0.2, 0.25) is 0 Å². The van der Waals surface area contributed by atoms with Crippen LogP contribution in [0.3, 0.4) is 0 Å². The van der Waals surface area contributed by atoms with Crippen molar-refractivity contribution < 1.29 is 23.6 Å². The van der Waals surface area contributed by atoms with Crippen molar-refractivity contribution in [3.8, 4) is 17.2 Å². The summed E-state index contributed by atoms with van der Waals surface area (Å²) < 4.78 is 16.8. The summed E-state index contributed by atoms with van der Waals surface area (Å²) >= 11 is 11.8. The molecule has 34 heavy (non-hydrogen) atoms. The molecule has 172 valence electrons. The van der Waals surface area contributed by atoms with Gasteiger partial charge in [-0.15, -0.1) is 0 Å². The highest BCUT2D eigenvalue weighted by Crippen LogP contribution is 2.30. The molecule has 4 aromatic rings. The number of hydrogen-bond donors (Lipinski definition) is 1. The molecule has 0 spiro atoms. The molecule has 1 aromatic heterocycles. The number of halogens is 2. The molecule has 1 heterocycles. The number of benzene rings is 3. The third-order valence-corrected chi connectivity index (χ3v) is 4.96. The maximum Gasteiger partial charge on any atom is 0.291 e. The summed E-state index contributed by atoms with van der Waals surface area (Å²) in [6.45, 7) is 0.0868. The Morgan fingerprint density at radius 3 is 2.44 bits per heavy atom. The maximum atomic E-state index is 12.6. The van der Waals surface area contributed by atoms with Crippen LogP contribution in [0.25, 0.3) is 0 Å². The highest BCUT2D eigenvalue weighted by molar-refractivity contribution is 6.30. The number of furan rings is 1. The van der Waals surface area contributed by atoms with E-state index in [4.69, 9.17) is 37.1 Å². The summed E-state index contributed by atoms with van der Waals surface area (Å²) in [5, 5.41) is 15.0. The zero-order chi connectivity index (χ0) is 24.1. The lowest BCUT2D eigenvalue weighted by atomic mass is 10.2. The lowest BCUT2D eigenvalue weighted by molar-refractivity contribution is -0.384. The molecule has 0 atom stereocenters. The SMILES string of the molecule is O=C(Nc1cc(Oc2ccc(Cl)cc2)cc([N+](=O)[O-])c1)c1ccc(COc2cccc(Cl)c2)o1. The molecule has 4 rings (SSSR count). The number of nitro groups is 1. The van der Waals surface area contributed by atoms with Gasteiger partial charge < -0.3 is 19.2 Å². The van der Waals surface area contributed by atoms with E-state index in [1.165, 1.54) is 24.3 Å². The van der Waals surface area contributed by atoms with Crippen molar-refractivity contribution in [2.75, 3.05) is 5.32 Å². The van der Waals surface area contributed by atoms with E-state index >= 15 is 0 Å². The van der Waals surface area contributed by atoms with Gasteiger partial charge in [0.15, 0.2) is 5.76 Å². The number of ether oxygens (including phenoxy) is 2. The van der Waals surface area contributed by atoms with Crippen LogP contribution in [0.2, 0.25) is 10.0 Å². The van der Waals surface area contributed by atoms with Gasteiger partial charge in [-0.25, -0.2) is 0 Å². The van der Waals surface area contributed by atoms with E-state index in [9.17, 15) is 14.9 Å². The van der Waals surface area contributed by atoms with E-state index in [1.54, 1.807) is 54.6 Å². The van der Waals surface area contributed by atoms with Gasteiger partial charge in [0.1, 0.15) is 29.6 Å². The molecule has 1 N–H and O–H groups in total. The first kappa shape index (κ1) is 23.2. The maximum absolute atomic E-state index is 12.6. The largest absolute Gasteiger partial charge is 0.486 e. The van der Waals surface area contributed by atoms with E-state index in [0.29, 0.717) is 27.3 Å². The van der Waals surface area contributed by atoms with Crippen molar-refractivity contribution >= 4 is 40.5 Å². The first-order valence-electron chi connectivity index (χ1n) is 9.87. The summed E-state index contributed by atoms with van der Waals surface area (Å²) in [5.41, 5.74) is -0.0897. The van der Waals surface area contributed by atoms with Crippen molar-refractivity contribution in [2.24, 2.45) is 0 Å². The summed E-state index contributed by atoms with van der Waals surface area (Å²) in [6.07, 6.45) is 0. The zero-order valence-corrected chi connectivity index (χ0v) is 18.9. The second-order valence-corrected chi connectivity index (χ2v) is 7.87. The Kier molecular flexibility index (Phi) is 7.01. The number of nitro benzene ring substituents is 1. The molecule has 0 aliphatic heterocycles. The van der Waals surface area contributed by atoms with Crippen LogP contribution in [0.4, 0.5) is 11.4 Å². The number of carbonyl (C=O) groups excluding carboxylic acids is 1. The van der Waals surface area contributed by atoms with Crippen molar-refractivity contribution in [3.05, 3.63) is 111 Å². The number of nitrogens with zero attached hydrogens (tertiary/aromatic N) is 1. The Bertz CT molecular complexity index is 1340. The molecule has 8 nitrogen and oxygen atoms in total. The number of nitrogens with one attached hydrogen (secondary N) is 1. The number of carbonyl (C=O) groups is 1. The van der Waals surface area contributed by atoms with E-state index in [2.05, 4.69) is 5.32 Å². The lowest BCUT2D eigenvalue weighted by Crippen LogP contribution is -2.11. The number of non-ortho nitro benzene ring substituents is 1. The van der Waals surface area contributed by atoms with Gasteiger partial charge in [0, 0.05) is 22.2 Å². The normalized spacial score (nSPS) is 10.5. The molecule has 10 heteroatoms. The fourth-order valence-corrected chi connectivity index (χ4v) is 3.25. The third kappa shape index (κ3) is 6.06. The molecule has 0 unspecified atom stereocenters. The van der Waals surface area contributed by atoms with Gasteiger partial charge >= 0.3 is 0 Å². The van der Waals surface area contributed by atoms with Crippen LogP contribution < -0.4 is 14.8 Å². The van der Waals surface area contributed by atoms with Crippen LogP contribution in [0.5, 0.6) is 17.2 Å². The fraction of sp³-hybridized carbons (Fsp3) is 0.0417. The first-order chi connectivity index (χ1) is 16.4. The minimum atomic E-state index is -0.591. The average Bonchev–Trinajstić information content (AvgIpc) is 3.28. The third-order valence-electron chi connectivity index (χ3n) is 4.47. The Morgan fingerprint density at radius 1 is 0.912 bits per heavy atom. The first-order valence-corrected chi connectivity index (χ1v) is 10.6. The number of hydrogen-bond acceptors (Lipinski definition) is 6. The minimum Gasteiger partial charge on any atom is -0.486 e. The van der Waals surface area contributed by atoms with Crippen LogP contribution in [0, 0.1) is 10.1 Å². The molecule has 0 aliphatic rings. The van der Waals surface area contributed by atoms with Crippen LogP contribution >= 0.6 is 23.2 Å². The van der Waals surface area contributed by atoms with E-state index in [-0.39, 0.29) is 29.5 Å². The Hall–Kier alpha value is -4.01. The molecule has 0 saturated carbocycles. The molecular weight excluding hydrogens is 483 g/mol.